The zero-order chi connectivity index (χ0) is 13.8. The standard InChI is InChI=1S/C14H13F2NOS/c1-2-9-6-7-10(19-9)8-17-14(18)11-4-3-5-12(15)13(11)16/h3-7H,2,8H2,1H3,(H,17,18). The van der Waals surface area contributed by atoms with Gasteiger partial charge in [-0.25, -0.2) is 8.78 Å². The first-order chi connectivity index (χ1) is 9.11. The molecule has 1 aromatic heterocycles. The van der Waals surface area contributed by atoms with Crippen LogP contribution in [0, 0.1) is 11.6 Å². The van der Waals surface area contributed by atoms with Crippen molar-refractivity contribution in [2.75, 3.05) is 0 Å². The summed E-state index contributed by atoms with van der Waals surface area (Å²) in [6.07, 6.45) is 0.942. The highest BCUT2D eigenvalue weighted by atomic mass is 32.1. The molecule has 0 unspecified atom stereocenters. The second-order valence-electron chi connectivity index (χ2n) is 4.01. The Hall–Kier alpha value is -1.75. The van der Waals surface area contributed by atoms with Gasteiger partial charge in [-0.1, -0.05) is 13.0 Å². The van der Waals surface area contributed by atoms with Crippen molar-refractivity contribution in [2.24, 2.45) is 0 Å². The van der Waals surface area contributed by atoms with Crippen molar-refractivity contribution in [3.63, 3.8) is 0 Å². The van der Waals surface area contributed by atoms with Crippen LogP contribution in [-0.4, -0.2) is 5.91 Å². The van der Waals surface area contributed by atoms with Crippen LogP contribution in [0.1, 0.15) is 27.0 Å². The first kappa shape index (κ1) is 13.7. The minimum atomic E-state index is -1.11. The van der Waals surface area contributed by atoms with Gasteiger partial charge in [-0.2, -0.15) is 0 Å². The van der Waals surface area contributed by atoms with Gasteiger partial charge in [0.15, 0.2) is 11.6 Å². The minimum absolute atomic E-state index is 0.271. The summed E-state index contributed by atoms with van der Waals surface area (Å²) >= 11 is 1.59. The number of carbonyl (C=O) groups is 1. The van der Waals surface area contributed by atoms with Crippen molar-refractivity contribution >= 4 is 17.2 Å². The largest absolute Gasteiger partial charge is 0.347 e. The maximum Gasteiger partial charge on any atom is 0.254 e. The van der Waals surface area contributed by atoms with Crippen LogP contribution in [0.4, 0.5) is 8.78 Å². The van der Waals surface area contributed by atoms with Crippen LogP contribution < -0.4 is 5.32 Å². The molecule has 100 valence electrons. The molecule has 2 nitrogen and oxygen atoms in total. The Morgan fingerprint density at radius 2 is 1.95 bits per heavy atom. The van der Waals surface area contributed by atoms with Crippen molar-refractivity contribution in [2.45, 2.75) is 19.9 Å². The van der Waals surface area contributed by atoms with Gasteiger partial charge >= 0.3 is 0 Å². The molecule has 0 aliphatic carbocycles. The molecule has 1 N–H and O–H groups in total. The molecule has 0 saturated carbocycles. The number of thiophene rings is 1. The van der Waals surface area contributed by atoms with E-state index in [0.29, 0.717) is 6.54 Å². The summed E-state index contributed by atoms with van der Waals surface area (Å²) in [6.45, 7) is 2.37. The smallest absolute Gasteiger partial charge is 0.254 e. The van der Waals surface area contributed by atoms with Crippen molar-refractivity contribution in [3.8, 4) is 0 Å². The quantitative estimate of drug-likeness (QED) is 0.912. The first-order valence-corrected chi connectivity index (χ1v) is 6.73. The maximum absolute atomic E-state index is 13.4. The summed E-state index contributed by atoms with van der Waals surface area (Å²) in [5, 5.41) is 2.59. The number of benzene rings is 1. The molecule has 1 heterocycles. The molecule has 0 aliphatic heterocycles. The van der Waals surface area contributed by atoms with Gasteiger partial charge in [-0.3, -0.25) is 4.79 Å². The third kappa shape index (κ3) is 3.17. The van der Waals surface area contributed by atoms with E-state index in [1.54, 1.807) is 11.3 Å². The summed E-state index contributed by atoms with van der Waals surface area (Å²) in [5.74, 6) is -2.74. The van der Waals surface area contributed by atoms with Gasteiger partial charge in [0.05, 0.1) is 12.1 Å². The average molecular weight is 281 g/mol. The second-order valence-corrected chi connectivity index (χ2v) is 5.26. The lowest BCUT2D eigenvalue weighted by Crippen LogP contribution is -2.23. The van der Waals surface area contributed by atoms with Crippen LogP contribution >= 0.6 is 11.3 Å². The Morgan fingerprint density at radius 1 is 1.21 bits per heavy atom. The highest BCUT2D eigenvalue weighted by Gasteiger charge is 2.14. The molecule has 0 atom stereocenters. The van der Waals surface area contributed by atoms with Crippen LogP contribution in [0.3, 0.4) is 0 Å². The van der Waals surface area contributed by atoms with Crippen LogP contribution in [0.15, 0.2) is 30.3 Å². The van der Waals surface area contributed by atoms with E-state index in [1.807, 2.05) is 12.1 Å². The van der Waals surface area contributed by atoms with E-state index in [9.17, 15) is 13.6 Å². The van der Waals surface area contributed by atoms with Crippen LogP contribution in [0.25, 0.3) is 0 Å². The number of amides is 1. The van der Waals surface area contributed by atoms with Crippen LogP contribution in [0.5, 0.6) is 0 Å². The number of nitrogens with one attached hydrogen (secondary N) is 1. The highest BCUT2D eigenvalue weighted by molar-refractivity contribution is 7.11. The van der Waals surface area contributed by atoms with Gasteiger partial charge in [0.2, 0.25) is 0 Å². The number of hydrogen-bond acceptors (Lipinski definition) is 2. The van der Waals surface area contributed by atoms with Crippen LogP contribution in [-0.2, 0) is 13.0 Å². The second kappa shape index (κ2) is 5.93. The molecule has 0 radical (unpaired) electrons. The molecule has 19 heavy (non-hydrogen) atoms. The zero-order valence-electron chi connectivity index (χ0n) is 10.4. The maximum atomic E-state index is 13.4. The molecule has 0 saturated heterocycles. The number of carbonyl (C=O) groups excluding carboxylic acids is 1. The lowest BCUT2D eigenvalue weighted by atomic mass is 10.2. The predicted octanol–water partition coefficient (Wildman–Crippen LogP) is 3.52. The van der Waals surface area contributed by atoms with E-state index in [2.05, 4.69) is 12.2 Å². The summed E-state index contributed by atoms with van der Waals surface area (Å²) in [6, 6.07) is 7.48. The number of hydrogen-bond donors (Lipinski definition) is 1. The van der Waals surface area contributed by atoms with E-state index in [4.69, 9.17) is 0 Å². The van der Waals surface area contributed by atoms with Crippen LogP contribution in [0.2, 0.25) is 0 Å². The molecule has 2 rings (SSSR count). The molecular weight excluding hydrogens is 268 g/mol. The molecule has 5 heteroatoms. The Kier molecular flexibility index (Phi) is 4.27. The topological polar surface area (TPSA) is 29.1 Å². The minimum Gasteiger partial charge on any atom is -0.347 e. The number of rotatable bonds is 4. The zero-order valence-corrected chi connectivity index (χ0v) is 11.2. The van der Waals surface area contributed by atoms with Crippen molar-refractivity contribution in [3.05, 3.63) is 57.3 Å². The Balaban J connectivity index is 2.03. The van der Waals surface area contributed by atoms with E-state index < -0.39 is 17.5 Å². The van der Waals surface area contributed by atoms with Crippen molar-refractivity contribution in [1.29, 1.82) is 0 Å². The molecule has 1 aromatic carbocycles. The summed E-state index contributed by atoms with van der Waals surface area (Å²) < 4.78 is 26.4. The van der Waals surface area contributed by atoms with Gasteiger partial charge in [0, 0.05) is 9.75 Å². The monoisotopic (exact) mass is 281 g/mol. The van der Waals surface area contributed by atoms with Gasteiger partial charge in [0.1, 0.15) is 0 Å². The van der Waals surface area contributed by atoms with E-state index in [0.717, 1.165) is 17.4 Å². The molecule has 0 bridgehead atoms. The Morgan fingerprint density at radius 3 is 2.63 bits per heavy atom. The summed E-state index contributed by atoms with van der Waals surface area (Å²) in [7, 11) is 0. The third-order valence-electron chi connectivity index (χ3n) is 2.69. The normalized spacial score (nSPS) is 10.5. The fourth-order valence-corrected chi connectivity index (χ4v) is 2.55. The third-order valence-corrected chi connectivity index (χ3v) is 3.91. The van der Waals surface area contributed by atoms with E-state index >= 15 is 0 Å². The fraction of sp³-hybridized carbons (Fsp3) is 0.214. The lowest BCUT2D eigenvalue weighted by Gasteiger charge is -2.05. The SMILES string of the molecule is CCc1ccc(CNC(=O)c2cccc(F)c2F)s1. The summed E-state index contributed by atoms with van der Waals surface area (Å²) in [4.78, 5) is 14.0. The van der Waals surface area contributed by atoms with Gasteiger partial charge < -0.3 is 5.32 Å². The fourth-order valence-electron chi connectivity index (χ4n) is 1.65. The molecule has 2 aromatic rings. The van der Waals surface area contributed by atoms with Crippen molar-refractivity contribution in [1.82, 2.24) is 5.32 Å². The number of aryl methyl sites for hydroxylation is 1. The molecule has 1 amide bonds. The lowest BCUT2D eigenvalue weighted by molar-refractivity contribution is 0.0946. The van der Waals surface area contributed by atoms with E-state index in [1.165, 1.54) is 17.0 Å². The molecule has 0 fully saturated rings. The highest BCUT2D eigenvalue weighted by Crippen LogP contribution is 2.17. The van der Waals surface area contributed by atoms with Gasteiger partial charge in [-0.15, -0.1) is 11.3 Å². The Labute approximate surface area is 114 Å². The molecule has 0 spiro atoms. The number of halogens is 2. The molecule has 0 aliphatic rings. The Bertz CT molecular complexity index is 595. The van der Waals surface area contributed by atoms with E-state index in [-0.39, 0.29) is 5.56 Å². The predicted molar refractivity (Wildman–Crippen MR) is 71.2 cm³/mol. The summed E-state index contributed by atoms with van der Waals surface area (Å²) in [5.41, 5.74) is -0.271. The van der Waals surface area contributed by atoms with Gasteiger partial charge in [0.25, 0.3) is 5.91 Å². The first-order valence-electron chi connectivity index (χ1n) is 5.91. The van der Waals surface area contributed by atoms with Crippen molar-refractivity contribution < 1.29 is 13.6 Å². The average Bonchev–Trinajstić information content (AvgIpc) is 2.87. The molecular formula is C14H13F2NOS. The van der Waals surface area contributed by atoms with Gasteiger partial charge in [-0.05, 0) is 30.7 Å².